The summed E-state index contributed by atoms with van der Waals surface area (Å²) in [6.07, 6.45) is 0.139. The average Bonchev–Trinajstić information content (AvgIpc) is 2.29. The minimum Gasteiger partial charge on any atom is -0.508 e. The number of nitrogens with one attached hydrogen (secondary N) is 1. The number of carboxylic acid groups (broad SMARTS) is 1. The summed E-state index contributed by atoms with van der Waals surface area (Å²) in [7, 11) is 0. The molecule has 0 saturated carbocycles. The molecule has 0 aliphatic carbocycles. The maximum absolute atomic E-state index is 11.9. The van der Waals surface area contributed by atoms with Crippen LogP contribution in [0.5, 0.6) is 5.75 Å². The highest BCUT2D eigenvalue weighted by Gasteiger charge is 2.26. The Labute approximate surface area is 117 Å². The standard InChI is InChI=1S/C14H20N2O4/c1-14(2,8-12(18)19)16-13(20)11(15)7-9-3-5-10(17)6-4-9/h3-6,11,17H,7-8,15H2,1-2H3,(H,16,20)(H,18,19). The van der Waals surface area contributed by atoms with Crippen molar-refractivity contribution in [2.24, 2.45) is 5.73 Å². The van der Waals surface area contributed by atoms with Crippen molar-refractivity contribution in [2.75, 3.05) is 0 Å². The molecule has 6 nitrogen and oxygen atoms in total. The van der Waals surface area contributed by atoms with E-state index in [1.54, 1.807) is 26.0 Å². The van der Waals surface area contributed by atoms with Crippen molar-refractivity contribution < 1.29 is 19.8 Å². The number of amides is 1. The fraction of sp³-hybridized carbons (Fsp3) is 0.429. The lowest BCUT2D eigenvalue weighted by Crippen LogP contribution is -2.52. The van der Waals surface area contributed by atoms with Crippen LogP contribution in [-0.4, -0.2) is 33.7 Å². The highest BCUT2D eigenvalue weighted by atomic mass is 16.4. The molecule has 5 N–H and O–H groups in total. The molecule has 0 heterocycles. The molecule has 0 aliphatic heterocycles. The lowest BCUT2D eigenvalue weighted by atomic mass is 9.99. The highest BCUT2D eigenvalue weighted by Crippen LogP contribution is 2.12. The number of carboxylic acids is 1. The van der Waals surface area contributed by atoms with E-state index in [2.05, 4.69) is 5.32 Å². The topological polar surface area (TPSA) is 113 Å². The number of aliphatic carboxylic acids is 1. The van der Waals surface area contributed by atoms with Crippen molar-refractivity contribution in [2.45, 2.75) is 38.3 Å². The zero-order valence-corrected chi connectivity index (χ0v) is 11.6. The summed E-state index contributed by atoms with van der Waals surface area (Å²) < 4.78 is 0. The lowest BCUT2D eigenvalue weighted by molar-refractivity contribution is -0.138. The fourth-order valence-electron chi connectivity index (χ4n) is 1.83. The van der Waals surface area contributed by atoms with Gasteiger partial charge in [0, 0.05) is 5.54 Å². The van der Waals surface area contributed by atoms with Crippen LogP contribution in [0.3, 0.4) is 0 Å². The van der Waals surface area contributed by atoms with Crippen LogP contribution in [0.4, 0.5) is 0 Å². The van der Waals surface area contributed by atoms with Crippen LogP contribution < -0.4 is 11.1 Å². The normalized spacial score (nSPS) is 12.8. The molecule has 0 radical (unpaired) electrons. The molecule has 1 unspecified atom stereocenters. The Hall–Kier alpha value is -2.08. The first kappa shape index (κ1) is 16.0. The Bertz CT molecular complexity index is 482. The zero-order valence-electron chi connectivity index (χ0n) is 11.6. The van der Waals surface area contributed by atoms with Crippen molar-refractivity contribution in [1.82, 2.24) is 5.32 Å². The molecule has 1 amide bonds. The average molecular weight is 280 g/mol. The van der Waals surface area contributed by atoms with E-state index in [1.165, 1.54) is 12.1 Å². The maximum Gasteiger partial charge on any atom is 0.305 e. The maximum atomic E-state index is 11.9. The van der Waals surface area contributed by atoms with E-state index in [0.29, 0.717) is 6.42 Å². The number of carbonyl (C=O) groups excluding carboxylic acids is 1. The number of phenolic OH excluding ortho intramolecular Hbond substituents is 1. The van der Waals surface area contributed by atoms with Gasteiger partial charge in [-0.05, 0) is 38.0 Å². The highest BCUT2D eigenvalue weighted by molar-refractivity contribution is 5.83. The van der Waals surface area contributed by atoms with Gasteiger partial charge in [0.25, 0.3) is 0 Å². The molecule has 1 aromatic rings. The summed E-state index contributed by atoms with van der Waals surface area (Å²) in [5.41, 5.74) is 5.77. The number of phenols is 1. The Morgan fingerprint density at radius 3 is 2.35 bits per heavy atom. The number of nitrogens with two attached hydrogens (primary N) is 1. The van der Waals surface area contributed by atoms with Gasteiger partial charge < -0.3 is 21.3 Å². The molecule has 0 spiro atoms. The third kappa shape index (κ3) is 5.27. The number of rotatable bonds is 6. The van der Waals surface area contributed by atoms with Crippen LogP contribution in [0.2, 0.25) is 0 Å². The third-order valence-electron chi connectivity index (χ3n) is 2.78. The zero-order chi connectivity index (χ0) is 15.3. The first-order valence-electron chi connectivity index (χ1n) is 6.27. The molecule has 0 aromatic heterocycles. The third-order valence-corrected chi connectivity index (χ3v) is 2.78. The molecule has 0 fully saturated rings. The SMILES string of the molecule is CC(C)(CC(=O)O)NC(=O)C(N)Cc1ccc(O)cc1. The lowest BCUT2D eigenvalue weighted by Gasteiger charge is -2.26. The summed E-state index contributed by atoms with van der Waals surface area (Å²) in [5, 5.41) is 20.6. The van der Waals surface area contributed by atoms with Crippen molar-refractivity contribution in [3.05, 3.63) is 29.8 Å². The molecule has 1 atom stereocenters. The second-order valence-electron chi connectivity index (χ2n) is 5.42. The Morgan fingerprint density at radius 1 is 1.30 bits per heavy atom. The van der Waals surface area contributed by atoms with Crippen LogP contribution in [0.1, 0.15) is 25.8 Å². The van der Waals surface area contributed by atoms with E-state index in [-0.39, 0.29) is 12.2 Å². The van der Waals surface area contributed by atoms with Gasteiger partial charge in [-0.25, -0.2) is 0 Å². The van der Waals surface area contributed by atoms with Crippen molar-refractivity contribution in [1.29, 1.82) is 0 Å². The quantitative estimate of drug-likeness (QED) is 0.610. The smallest absolute Gasteiger partial charge is 0.305 e. The predicted molar refractivity (Wildman–Crippen MR) is 74.3 cm³/mol. The molecule has 0 aliphatic rings. The van der Waals surface area contributed by atoms with Gasteiger partial charge in [0.05, 0.1) is 12.5 Å². The van der Waals surface area contributed by atoms with Crippen molar-refractivity contribution in [3.63, 3.8) is 0 Å². The minimum absolute atomic E-state index is 0.148. The van der Waals surface area contributed by atoms with Gasteiger partial charge in [0.1, 0.15) is 5.75 Å². The number of aromatic hydroxyl groups is 1. The van der Waals surface area contributed by atoms with Gasteiger partial charge in [-0.3, -0.25) is 9.59 Å². The Morgan fingerprint density at radius 2 is 1.85 bits per heavy atom. The minimum atomic E-state index is -0.984. The molecule has 0 saturated heterocycles. The van der Waals surface area contributed by atoms with Crippen LogP contribution in [0.15, 0.2) is 24.3 Å². The van der Waals surface area contributed by atoms with E-state index in [4.69, 9.17) is 10.8 Å². The second-order valence-corrected chi connectivity index (χ2v) is 5.42. The molecular weight excluding hydrogens is 260 g/mol. The molecule has 0 bridgehead atoms. The fourth-order valence-corrected chi connectivity index (χ4v) is 1.83. The molecule has 1 aromatic carbocycles. The largest absolute Gasteiger partial charge is 0.508 e. The summed E-state index contributed by atoms with van der Waals surface area (Å²) >= 11 is 0. The first-order chi connectivity index (χ1) is 9.19. The van der Waals surface area contributed by atoms with Crippen LogP contribution in [-0.2, 0) is 16.0 Å². The monoisotopic (exact) mass is 280 g/mol. The molecule has 20 heavy (non-hydrogen) atoms. The van der Waals surface area contributed by atoms with E-state index in [0.717, 1.165) is 5.56 Å². The Balaban J connectivity index is 2.58. The van der Waals surface area contributed by atoms with E-state index >= 15 is 0 Å². The predicted octanol–water partition coefficient (Wildman–Crippen LogP) is 0.632. The van der Waals surface area contributed by atoms with Gasteiger partial charge in [-0.2, -0.15) is 0 Å². The van der Waals surface area contributed by atoms with Crippen molar-refractivity contribution in [3.8, 4) is 5.75 Å². The van der Waals surface area contributed by atoms with E-state index in [1.807, 2.05) is 0 Å². The van der Waals surface area contributed by atoms with Crippen LogP contribution in [0.25, 0.3) is 0 Å². The van der Waals surface area contributed by atoms with E-state index < -0.39 is 23.5 Å². The number of hydrogen-bond donors (Lipinski definition) is 4. The van der Waals surface area contributed by atoms with Crippen LogP contribution in [0, 0.1) is 0 Å². The molecule has 6 heteroatoms. The van der Waals surface area contributed by atoms with Gasteiger partial charge in [0.2, 0.25) is 5.91 Å². The Kier molecular flexibility index (Phi) is 5.10. The van der Waals surface area contributed by atoms with Gasteiger partial charge in [-0.1, -0.05) is 12.1 Å². The van der Waals surface area contributed by atoms with Gasteiger partial charge in [0.15, 0.2) is 0 Å². The summed E-state index contributed by atoms with van der Waals surface area (Å²) in [4.78, 5) is 22.6. The number of benzene rings is 1. The first-order valence-corrected chi connectivity index (χ1v) is 6.27. The van der Waals surface area contributed by atoms with Gasteiger partial charge in [-0.15, -0.1) is 0 Å². The molecule has 1 rings (SSSR count). The van der Waals surface area contributed by atoms with E-state index in [9.17, 15) is 14.7 Å². The van der Waals surface area contributed by atoms with Crippen molar-refractivity contribution >= 4 is 11.9 Å². The number of hydrogen-bond acceptors (Lipinski definition) is 4. The van der Waals surface area contributed by atoms with Crippen LogP contribution >= 0.6 is 0 Å². The molecule has 110 valence electrons. The number of carbonyl (C=O) groups is 2. The van der Waals surface area contributed by atoms with Gasteiger partial charge >= 0.3 is 5.97 Å². The summed E-state index contributed by atoms with van der Waals surface area (Å²) in [6.45, 7) is 3.26. The molecular formula is C14H20N2O4. The summed E-state index contributed by atoms with van der Waals surface area (Å²) in [6, 6.07) is 5.64. The second kappa shape index (κ2) is 6.38. The summed E-state index contributed by atoms with van der Waals surface area (Å²) in [5.74, 6) is -1.24.